The van der Waals surface area contributed by atoms with Crippen LogP contribution < -0.4 is 9.96 Å². The molecule has 0 unspecified atom stereocenters. The molecule has 6 heteroatoms. The van der Waals surface area contributed by atoms with Gasteiger partial charge in [-0.1, -0.05) is 59.6 Å². The van der Waals surface area contributed by atoms with Crippen LogP contribution in [0.5, 0.6) is 0 Å². The number of imide groups is 1. The fourth-order valence-electron chi connectivity index (χ4n) is 4.51. The number of benzene rings is 3. The number of hydrogen-bond donors (Lipinski definition) is 0. The van der Waals surface area contributed by atoms with Gasteiger partial charge in [-0.05, 0) is 55.3 Å². The Morgan fingerprint density at radius 2 is 1.58 bits per heavy atom. The topological polar surface area (TPSA) is 49.9 Å². The molecule has 3 aromatic carbocycles. The number of hydroxylamine groups is 1. The summed E-state index contributed by atoms with van der Waals surface area (Å²) in [6.45, 7) is 3.89. The second-order valence-corrected chi connectivity index (χ2v) is 8.45. The minimum Gasteiger partial charge on any atom is -0.273 e. The summed E-state index contributed by atoms with van der Waals surface area (Å²) < 4.78 is 0. The number of para-hydroxylation sites is 1. The summed E-state index contributed by atoms with van der Waals surface area (Å²) >= 11 is 6.09. The minimum atomic E-state index is -0.880. The molecule has 0 spiro atoms. The molecule has 0 aliphatic carbocycles. The predicted molar refractivity (Wildman–Crippen MR) is 120 cm³/mol. The number of rotatable bonds is 3. The van der Waals surface area contributed by atoms with Gasteiger partial charge in [0.25, 0.3) is 5.91 Å². The van der Waals surface area contributed by atoms with Crippen LogP contribution in [0.2, 0.25) is 5.02 Å². The maximum absolute atomic E-state index is 13.6. The van der Waals surface area contributed by atoms with E-state index < -0.39 is 18.1 Å². The van der Waals surface area contributed by atoms with Gasteiger partial charge in [0.15, 0.2) is 6.10 Å². The van der Waals surface area contributed by atoms with E-state index in [4.69, 9.17) is 16.4 Å². The van der Waals surface area contributed by atoms with E-state index in [1.54, 1.807) is 17.2 Å². The molecule has 5 nitrogen and oxygen atoms in total. The van der Waals surface area contributed by atoms with Crippen molar-refractivity contribution < 1.29 is 14.4 Å². The Balaban J connectivity index is 1.59. The first-order valence-corrected chi connectivity index (χ1v) is 10.5. The van der Waals surface area contributed by atoms with E-state index in [1.165, 1.54) is 4.90 Å². The standard InChI is InChI=1S/C25H21ClN2O3/c1-15-8-13-20(16(2)14-15)27-24(29)21-22(17-9-11-18(26)12-10-17)28(31-23(21)25(27)30)19-6-4-3-5-7-19/h3-14,21-23H,1-2H3/t21-,22-,23+/m1/s1. The van der Waals surface area contributed by atoms with Gasteiger partial charge in [-0.3, -0.25) is 14.4 Å². The van der Waals surface area contributed by atoms with Gasteiger partial charge in [-0.15, -0.1) is 0 Å². The van der Waals surface area contributed by atoms with E-state index >= 15 is 0 Å². The Hall–Kier alpha value is -3.15. The summed E-state index contributed by atoms with van der Waals surface area (Å²) in [5.41, 5.74) is 4.22. The first-order valence-electron chi connectivity index (χ1n) is 10.2. The number of anilines is 2. The van der Waals surface area contributed by atoms with Crippen LogP contribution in [0.4, 0.5) is 11.4 Å². The molecule has 0 saturated carbocycles. The van der Waals surface area contributed by atoms with E-state index in [9.17, 15) is 9.59 Å². The highest BCUT2D eigenvalue weighted by atomic mass is 35.5. The summed E-state index contributed by atoms with van der Waals surface area (Å²) in [6.07, 6.45) is -0.880. The number of amides is 2. The van der Waals surface area contributed by atoms with Crippen molar-refractivity contribution in [2.45, 2.75) is 26.0 Å². The molecule has 2 aliphatic heterocycles. The molecule has 0 N–H and O–H groups in total. The van der Waals surface area contributed by atoms with E-state index in [-0.39, 0.29) is 11.8 Å². The van der Waals surface area contributed by atoms with Gasteiger partial charge in [0, 0.05) is 5.02 Å². The van der Waals surface area contributed by atoms with Gasteiger partial charge in [0.05, 0.1) is 17.4 Å². The van der Waals surface area contributed by atoms with Gasteiger partial charge < -0.3 is 0 Å². The fourth-order valence-corrected chi connectivity index (χ4v) is 4.63. The first-order chi connectivity index (χ1) is 15.0. The average Bonchev–Trinajstić information content (AvgIpc) is 3.26. The lowest BCUT2D eigenvalue weighted by atomic mass is 9.90. The van der Waals surface area contributed by atoms with Crippen molar-refractivity contribution in [3.8, 4) is 0 Å². The smallest absolute Gasteiger partial charge is 0.266 e. The SMILES string of the molecule is Cc1ccc(N2C(=O)[C@H]3[C@H](ON(c4ccccc4)[C@@H]3c3ccc(Cl)cc3)C2=O)c(C)c1. The number of carbonyl (C=O) groups is 2. The largest absolute Gasteiger partial charge is 0.273 e. The Bertz CT molecular complexity index is 1160. The van der Waals surface area contributed by atoms with Crippen LogP contribution in [0.15, 0.2) is 72.8 Å². The highest BCUT2D eigenvalue weighted by molar-refractivity contribution is 6.30. The average molecular weight is 433 g/mol. The number of hydrogen-bond acceptors (Lipinski definition) is 4. The molecule has 2 aliphatic rings. The van der Waals surface area contributed by atoms with E-state index in [2.05, 4.69) is 0 Å². The zero-order valence-electron chi connectivity index (χ0n) is 17.2. The van der Waals surface area contributed by atoms with Crippen LogP contribution in [-0.4, -0.2) is 17.9 Å². The molecule has 2 amide bonds. The Morgan fingerprint density at radius 3 is 2.26 bits per heavy atom. The summed E-state index contributed by atoms with van der Waals surface area (Å²) in [4.78, 5) is 34.5. The monoisotopic (exact) mass is 432 g/mol. The Labute approximate surface area is 185 Å². The molecular formula is C25H21ClN2O3. The normalized spacial score (nSPS) is 22.9. The summed E-state index contributed by atoms with van der Waals surface area (Å²) in [5.74, 6) is -1.24. The quantitative estimate of drug-likeness (QED) is 0.546. The van der Waals surface area contributed by atoms with Gasteiger partial charge in [0.1, 0.15) is 5.92 Å². The second kappa shape index (κ2) is 7.52. The third-order valence-electron chi connectivity index (χ3n) is 5.93. The first kappa shape index (κ1) is 19.8. The minimum absolute atomic E-state index is 0.250. The summed E-state index contributed by atoms with van der Waals surface area (Å²) in [5, 5.41) is 2.30. The Kier molecular flexibility index (Phi) is 4.80. The van der Waals surface area contributed by atoms with E-state index in [0.717, 1.165) is 22.4 Å². The number of nitrogens with zero attached hydrogens (tertiary/aromatic N) is 2. The molecule has 0 bridgehead atoms. The van der Waals surface area contributed by atoms with Crippen molar-refractivity contribution in [2.75, 3.05) is 9.96 Å². The van der Waals surface area contributed by atoms with E-state index in [1.807, 2.05) is 74.5 Å². The van der Waals surface area contributed by atoms with Gasteiger partial charge in [-0.25, -0.2) is 9.96 Å². The van der Waals surface area contributed by atoms with Crippen molar-refractivity contribution >= 4 is 34.8 Å². The lowest BCUT2D eigenvalue weighted by molar-refractivity contribution is -0.126. The van der Waals surface area contributed by atoms with Crippen molar-refractivity contribution in [3.63, 3.8) is 0 Å². The van der Waals surface area contributed by atoms with Gasteiger partial charge in [0.2, 0.25) is 5.91 Å². The number of aryl methyl sites for hydroxylation is 2. The third-order valence-corrected chi connectivity index (χ3v) is 6.18. The van der Waals surface area contributed by atoms with Crippen LogP contribution in [0.1, 0.15) is 22.7 Å². The van der Waals surface area contributed by atoms with Crippen molar-refractivity contribution in [3.05, 3.63) is 94.5 Å². The highest BCUT2D eigenvalue weighted by Crippen LogP contribution is 2.48. The third kappa shape index (κ3) is 3.21. The highest BCUT2D eigenvalue weighted by Gasteiger charge is 2.60. The zero-order chi connectivity index (χ0) is 21.7. The molecular weight excluding hydrogens is 412 g/mol. The van der Waals surface area contributed by atoms with Crippen molar-refractivity contribution in [1.82, 2.24) is 0 Å². The number of fused-ring (bicyclic) bond motifs is 1. The maximum atomic E-state index is 13.6. The molecule has 31 heavy (non-hydrogen) atoms. The van der Waals surface area contributed by atoms with Crippen LogP contribution in [0.3, 0.4) is 0 Å². The lowest BCUT2D eigenvalue weighted by Gasteiger charge is -2.29. The molecule has 2 heterocycles. The molecule has 2 saturated heterocycles. The maximum Gasteiger partial charge on any atom is 0.266 e. The zero-order valence-corrected chi connectivity index (χ0v) is 17.9. The summed E-state index contributed by atoms with van der Waals surface area (Å²) in [6, 6.07) is 22.1. The number of halogens is 1. The van der Waals surface area contributed by atoms with Crippen molar-refractivity contribution in [1.29, 1.82) is 0 Å². The fraction of sp³-hybridized carbons (Fsp3) is 0.200. The molecule has 2 fully saturated rings. The molecule has 0 aromatic heterocycles. The molecule has 0 radical (unpaired) electrons. The van der Waals surface area contributed by atoms with Crippen LogP contribution in [0.25, 0.3) is 0 Å². The molecule has 3 aromatic rings. The van der Waals surface area contributed by atoms with Gasteiger partial charge in [-0.2, -0.15) is 0 Å². The molecule has 5 rings (SSSR count). The van der Waals surface area contributed by atoms with Crippen LogP contribution in [0, 0.1) is 19.8 Å². The van der Waals surface area contributed by atoms with E-state index in [0.29, 0.717) is 10.7 Å². The van der Waals surface area contributed by atoms with Crippen LogP contribution >= 0.6 is 11.6 Å². The van der Waals surface area contributed by atoms with Crippen LogP contribution in [-0.2, 0) is 14.4 Å². The predicted octanol–water partition coefficient (Wildman–Crippen LogP) is 5.01. The second-order valence-electron chi connectivity index (χ2n) is 8.01. The summed E-state index contributed by atoms with van der Waals surface area (Å²) in [7, 11) is 0. The lowest BCUT2D eigenvalue weighted by Crippen LogP contribution is -2.37. The molecule has 156 valence electrons. The molecule has 3 atom stereocenters. The Morgan fingerprint density at radius 1 is 0.871 bits per heavy atom. The van der Waals surface area contributed by atoms with Crippen molar-refractivity contribution in [2.24, 2.45) is 5.92 Å². The van der Waals surface area contributed by atoms with Gasteiger partial charge >= 0.3 is 0 Å². The number of carbonyl (C=O) groups excluding carboxylic acids is 2.